The van der Waals surface area contributed by atoms with Gasteiger partial charge in [-0.25, -0.2) is 9.78 Å². The lowest BCUT2D eigenvalue weighted by Gasteiger charge is -2.08. The molecule has 2 rings (SSSR count). The zero-order valence-electron chi connectivity index (χ0n) is 10.5. The zero-order chi connectivity index (χ0) is 13.0. The molecule has 5 nitrogen and oxygen atoms in total. The second-order valence-corrected chi connectivity index (χ2v) is 3.95. The number of carbonyl (C=O) groups excluding carboxylic acids is 1. The number of imidazole rings is 1. The van der Waals surface area contributed by atoms with E-state index in [1.807, 2.05) is 29.8 Å². The van der Waals surface area contributed by atoms with Crippen LogP contribution in [0.1, 0.15) is 21.9 Å². The molecule has 0 bridgehead atoms. The number of ether oxygens (including phenoxy) is 1. The van der Waals surface area contributed by atoms with E-state index in [2.05, 4.69) is 9.97 Å². The van der Waals surface area contributed by atoms with Gasteiger partial charge in [-0.2, -0.15) is 0 Å². The molecule has 5 heteroatoms. The second kappa shape index (κ2) is 5.44. The zero-order valence-corrected chi connectivity index (χ0v) is 10.5. The van der Waals surface area contributed by atoms with Crippen molar-refractivity contribution in [2.24, 2.45) is 0 Å². The van der Waals surface area contributed by atoms with E-state index in [1.54, 1.807) is 12.4 Å². The van der Waals surface area contributed by atoms with Crippen LogP contribution in [0.5, 0.6) is 0 Å². The Morgan fingerprint density at radius 1 is 1.44 bits per heavy atom. The van der Waals surface area contributed by atoms with E-state index in [1.165, 1.54) is 7.11 Å². The summed E-state index contributed by atoms with van der Waals surface area (Å²) in [4.78, 5) is 19.8. The van der Waals surface area contributed by atoms with E-state index in [0.29, 0.717) is 12.2 Å². The minimum Gasteiger partial charge on any atom is -0.464 e. The molecule has 0 aromatic carbocycles. The number of methoxy groups -OCH3 is 1. The van der Waals surface area contributed by atoms with Crippen molar-refractivity contribution in [2.75, 3.05) is 7.11 Å². The molecular weight excluding hydrogens is 230 g/mol. The number of aryl methyl sites for hydroxylation is 2. The molecule has 2 aromatic heterocycles. The number of nitrogens with zero attached hydrogens (tertiary/aromatic N) is 3. The van der Waals surface area contributed by atoms with Gasteiger partial charge in [0.25, 0.3) is 0 Å². The SMILES string of the molecule is COC(=O)c1cnc(C)n1CCc1cccnc1. The summed E-state index contributed by atoms with van der Waals surface area (Å²) in [5.74, 6) is 0.445. The van der Waals surface area contributed by atoms with Crippen molar-refractivity contribution in [2.45, 2.75) is 19.9 Å². The van der Waals surface area contributed by atoms with Crippen molar-refractivity contribution >= 4 is 5.97 Å². The lowest BCUT2D eigenvalue weighted by molar-refractivity contribution is 0.0588. The molecule has 0 saturated heterocycles. The number of hydrogen-bond donors (Lipinski definition) is 0. The molecule has 0 N–H and O–H groups in total. The monoisotopic (exact) mass is 245 g/mol. The van der Waals surface area contributed by atoms with Crippen LogP contribution in [0, 0.1) is 6.92 Å². The van der Waals surface area contributed by atoms with Crippen LogP contribution in [-0.4, -0.2) is 27.6 Å². The Balaban J connectivity index is 2.14. The van der Waals surface area contributed by atoms with E-state index in [4.69, 9.17) is 4.74 Å². The van der Waals surface area contributed by atoms with Gasteiger partial charge in [-0.05, 0) is 25.0 Å². The fraction of sp³-hybridized carbons (Fsp3) is 0.308. The van der Waals surface area contributed by atoms with Gasteiger partial charge in [-0.1, -0.05) is 6.07 Å². The Kier molecular flexibility index (Phi) is 3.72. The molecule has 18 heavy (non-hydrogen) atoms. The minimum atomic E-state index is -0.359. The number of rotatable bonds is 4. The second-order valence-electron chi connectivity index (χ2n) is 3.95. The fourth-order valence-electron chi connectivity index (χ4n) is 1.80. The molecule has 0 aliphatic carbocycles. The van der Waals surface area contributed by atoms with Crippen LogP contribution in [0.3, 0.4) is 0 Å². The van der Waals surface area contributed by atoms with Crippen LogP contribution in [0.4, 0.5) is 0 Å². The molecule has 0 spiro atoms. The highest BCUT2D eigenvalue weighted by molar-refractivity contribution is 5.87. The largest absolute Gasteiger partial charge is 0.464 e. The molecule has 2 heterocycles. The first-order valence-electron chi connectivity index (χ1n) is 5.71. The van der Waals surface area contributed by atoms with Gasteiger partial charge < -0.3 is 9.30 Å². The summed E-state index contributed by atoms with van der Waals surface area (Å²) in [6.07, 6.45) is 5.91. The van der Waals surface area contributed by atoms with Gasteiger partial charge in [-0.15, -0.1) is 0 Å². The van der Waals surface area contributed by atoms with Crippen molar-refractivity contribution in [1.82, 2.24) is 14.5 Å². The van der Waals surface area contributed by atoms with Crippen LogP contribution < -0.4 is 0 Å². The van der Waals surface area contributed by atoms with Gasteiger partial charge in [0.05, 0.1) is 13.3 Å². The smallest absolute Gasteiger partial charge is 0.356 e. The first-order valence-corrected chi connectivity index (χ1v) is 5.71. The Morgan fingerprint density at radius 2 is 2.28 bits per heavy atom. The molecule has 0 atom stereocenters. The predicted molar refractivity (Wildman–Crippen MR) is 66.2 cm³/mol. The van der Waals surface area contributed by atoms with Crippen LogP contribution in [0.15, 0.2) is 30.7 Å². The molecule has 0 radical (unpaired) electrons. The van der Waals surface area contributed by atoms with Gasteiger partial charge in [0.1, 0.15) is 11.5 Å². The Bertz CT molecular complexity index is 534. The molecule has 0 aliphatic heterocycles. The van der Waals surface area contributed by atoms with E-state index in [0.717, 1.165) is 17.8 Å². The third-order valence-corrected chi connectivity index (χ3v) is 2.80. The third-order valence-electron chi connectivity index (χ3n) is 2.80. The normalized spacial score (nSPS) is 10.3. The van der Waals surface area contributed by atoms with Crippen LogP contribution >= 0.6 is 0 Å². The quantitative estimate of drug-likeness (QED) is 0.768. The third kappa shape index (κ3) is 2.56. The van der Waals surface area contributed by atoms with Gasteiger partial charge in [0.2, 0.25) is 0 Å². The molecule has 0 saturated carbocycles. The molecular formula is C13H15N3O2. The maximum absolute atomic E-state index is 11.6. The summed E-state index contributed by atoms with van der Waals surface area (Å²) >= 11 is 0. The molecule has 0 amide bonds. The highest BCUT2D eigenvalue weighted by Crippen LogP contribution is 2.08. The van der Waals surface area contributed by atoms with Crippen molar-refractivity contribution in [3.05, 3.63) is 47.8 Å². The molecule has 0 unspecified atom stereocenters. The number of carbonyl (C=O) groups is 1. The number of pyridine rings is 1. The standard InChI is InChI=1S/C13H15N3O2/c1-10-15-9-12(13(17)18-2)16(10)7-5-11-4-3-6-14-8-11/h3-4,6,8-9H,5,7H2,1-2H3. The van der Waals surface area contributed by atoms with Gasteiger partial charge in [-0.3, -0.25) is 4.98 Å². The number of esters is 1. The molecule has 0 aliphatic rings. The summed E-state index contributed by atoms with van der Waals surface area (Å²) in [5, 5.41) is 0. The summed E-state index contributed by atoms with van der Waals surface area (Å²) in [6, 6.07) is 3.91. The van der Waals surface area contributed by atoms with Gasteiger partial charge >= 0.3 is 5.97 Å². The first-order chi connectivity index (χ1) is 8.72. The summed E-state index contributed by atoms with van der Waals surface area (Å²) in [6.45, 7) is 2.55. The van der Waals surface area contributed by atoms with Crippen LogP contribution in [-0.2, 0) is 17.7 Å². The lowest BCUT2D eigenvalue weighted by atomic mass is 10.2. The fourth-order valence-corrected chi connectivity index (χ4v) is 1.80. The summed E-state index contributed by atoms with van der Waals surface area (Å²) in [5.41, 5.74) is 1.61. The van der Waals surface area contributed by atoms with Gasteiger partial charge in [0.15, 0.2) is 0 Å². The van der Waals surface area contributed by atoms with E-state index >= 15 is 0 Å². The number of aromatic nitrogens is 3. The van der Waals surface area contributed by atoms with Crippen molar-refractivity contribution in [3.8, 4) is 0 Å². The van der Waals surface area contributed by atoms with E-state index in [9.17, 15) is 4.79 Å². The summed E-state index contributed by atoms with van der Waals surface area (Å²) < 4.78 is 6.59. The molecule has 2 aromatic rings. The Labute approximate surface area is 105 Å². The lowest BCUT2D eigenvalue weighted by Crippen LogP contribution is -2.13. The van der Waals surface area contributed by atoms with Crippen LogP contribution in [0.25, 0.3) is 0 Å². The number of hydrogen-bond acceptors (Lipinski definition) is 4. The molecule has 94 valence electrons. The van der Waals surface area contributed by atoms with E-state index in [-0.39, 0.29) is 5.97 Å². The highest BCUT2D eigenvalue weighted by Gasteiger charge is 2.14. The Morgan fingerprint density at radius 3 is 2.94 bits per heavy atom. The Hall–Kier alpha value is -2.17. The highest BCUT2D eigenvalue weighted by atomic mass is 16.5. The van der Waals surface area contributed by atoms with Crippen LogP contribution in [0.2, 0.25) is 0 Å². The maximum Gasteiger partial charge on any atom is 0.356 e. The average molecular weight is 245 g/mol. The first kappa shape index (κ1) is 12.3. The van der Waals surface area contributed by atoms with Gasteiger partial charge in [0, 0.05) is 18.9 Å². The van der Waals surface area contributed by atoms with Crippen molar-refractivity contribution < 1.29 is 9.53 Å². The maximum atomic E-state index is 11.6. The van der Waals surface area contributed by atoms with E-state index < -0.39 is 0 Å². The minimum absolute atomic E-state index is 0.359. The van der Waals surface area contributed by atoms with Crippen molar-refractivity contribution in [3.63, 3.8) is 0 Å². The van der Waals surface area contributed by atoms with Crippen molar-refractivity contribution in [1.29, 1.82) is 0 Å². The topological polar surface area (TPSA) is 57.0 Å². The predicted octanol–water partition coefficient (Wildman–Crippen LogP) is 1.62. The molecule has 0 fully saturated rings. The summed E-state index contributed by atoms with van der Waals surface area (Å²) in [7, 11) is 1.37. The average Bonchev–Trinajstić information content (AvgIpc) is 2.78.